The second-order valence-corrected chi connectivity index (χ2v) is 8.99. The van der Waals surface area contributed by atoms with Gasteiger partial charge in [-0.3, -0.25) is 0 Å². The van der Waals surface area contributed by atoms with Crippen molar-refractivity contribution < 1.29 is 17.5 Å². The van der Waals surface area contributed by atoms with Crippen LogP contribution < -0.4 is 0 Å². The summed E-state index contributed by atoms with van der Waals surface area (Å²) in [6.45, 7) is 9.77. The van der Waals surface area contributed by atoms with E-state index in [-0.39, 0.29) is 6.11 Å². The van der Waals surface area contributed by atoms with Gasteiger partial charge in [-0.2, -0.15) is 0 Å². The number of allylic oxidation sites excluding steroid dienone is 2. The van der Waals surface area contributed by atoms with Gasteiger partial charge in [-0.25, -0.2) is 0 Å². The molecule has 0 nitrogen and oxygen atoms in total. The molecule has 2 heteroatoms. The Morgan fingerprint density at radius 1 is 1.30 bits per heavy atom. The van der Waals surface area contributed by atoms with Gasteiger partial charge in [0.05, 0.1) is 0 Å². The molecule has 0 aromatic carbocycles. The van der Waals surface area contributed by atoms with Gasteiger partial charge >= 0.3 is 73.0 Å². The van der Waals surface area contributed by atoms with Crippen molar-refractivity contribution in [1.82, 2.24) is 0 Å². The quantitative estimate of drug-likeness (QED) is 0.384. The van der Waals surface area contributed by atoms with Crippen LogP contribution in [0.1, 0.15) is 6.92 Å². The average molecular weight is 249 g/mol. The van der Waals surface area contributed by atoms with Crippen molar-refractivity contribution in [3.05, 3.63) is 25.3 Å². The van der Waals surface area contributed by atoms with E-state index in [1.165, 1.54) is 17.2 Å². The van der Waals surface area contributed by atoms with Gasteiger partial charge in [0.15, 0.2) is 0 Å². The summed E-state index contributed by atoms with van der Waals surface area (Å²) < 4.78 is 0. The molecule has 0 bridgehead atoms. The third kappa shape index (κ3) is 5.36. The van der Waals surface area contributed by atoms with Gasteiger partial charge in [-0.1, -0.05) is 0 Å². The average Bonchev–Trinajstić information content (AvgIpc) is 1.90. The second-order valence-electron chi connectivity index (χ2n) is 1.69. The Labute approximate surface area is 73.2 Å². The van der Waals surface area contributed by atoms with Crippen LogP contribution in [-0.2, 0) is 17.5 Å². The molecule has 0 aliphatic heterocycles. The van der Waals surface area contributed by atoms with E-state index in [0.29, 0.717) is 0 Å². The number of hydrogen-bond donors (Lipinski definition) is 0. The van der Waals surface area contributed by atoms with Crippen molar-refractivity contribution >= 4 is 6.11 Å². The minimum atomic E-state index is 0.253. The Bertz CT molecular complexity index is 91.4. The first-order chi connectivity index (χ1) is 4.85. The molecule has 0 radical (unpaired) electrons. The molecule has 0 saturated carbocycles. The van der Waals surface area contributed by atoms with E-state index in [4.69, 9.17) is 0 Å². The zero-order valence-electron chi connectivity index (χ0n) is 6.45. The Morgan fingerprint density at radius 2 is 1.80 bits per heavy atom. The van der Waals surface area contributed by atoms with E-state index >= 15 is 0 Å². The van der Waals surface area contributed by atoms with Gasteiger partial charge in [-0.15, -0.1) is 0 Å². The van der Waals surface area contributed by atoms with E-state index in [1.54, 1.807) is 0 Å². The molecule has 0 atom stereocenters. The first kappa shape index (κ1) is 10.6. The van der Waals surface area contributed by atoms with Crippen LogP contribution in [-0.4, -0.2) is 12.3 Å². The van der Waals surface area contributed by atoms with Crippen LogP contribution in [0.25, 0.3) is 0 Å². The molecular weight excluding hydrogens is 233 g/mol. The van der Waals surface area contributed by atoms with E-state index in [2.05, 4.69) is 20.1 Å². The third-order valence-electron chi connectivity index (χ3n) is 0.873. The maximum atomic E-state index is 3.75. The van der Waals surface area contributed by atoms with Crippen molar-refractivity contribution in [3.8, 4) is 0 Å². The fourth-order valence-electron chi connectivity index (χ4n) is 0.562. The molecule has 0 aromatic rings. The van der Waals surface area contributed by atoms with Gasteiger partial charge < -0.3 is 0 Å². The second kappa shape index (κ2) is 7.68. The van der Waals surface area contributed by atoms with Gasteiger partial charge in [0.25, 0.3) is 0 Å². The van der Waals surface area contributed by atoms with E-state index in [1.807, 2.05) is 12.2 Å². The SMILES string of the molecule is C=CC[P](CC=C)[Pd][CH2]C. The van der Waals surface area contributed by atoms with E-state index < -0.39 is 0 Å². The molecule has 0 aromatic heterocycles. The van der Waals surface area contributed by atoms with Crippen LogP contribution in [0.5, 0.6) is 0 Å². The fourth-order valence-corrected chi connectivity index (χ4v) is 6.18. The van der Waals surface area contributed by atoms with Gasteiger partial charge in [0.1, 0.15) is 0 Å². The zero-order valence-corrected chi connectivity index (χ0v) is 8.90. The fraction of sp³-hybridized carbons (Fsp3) is 0.500. The summed E-state index contributed by atoms with van der Waals surface area (Å²) in [6, 6.07) is 0. The predicted molar refractivity (Wildman–Crippen MR) is 47.5 cm³/mol. The van der Waals surface area contributed by atoms with Crippen molar-refractivity contribution in [1.29, 1.82) is 0 Å². The normalized spacial score (nSPS) is 10.2. The van der Waals surface area contributed by atoms with Crippen LogP contribution in [0.2, 0.25) is 4.89 Å². The molecule has 0 rings (SSSR count). The summed E-state index contributed by atoms with van der Waals surface area (Å²) in [5.41, 5.74) is 0. The first-order valence-electron chi connectivity index (χ1n) is 3.34. The summed E-state index contributed by atoms with van der Waals surface area (Å²) >= 11 is 0.961. The van der Waals surface area contributed by atoms with E-state index in [9.17, 15) is 0 Å². The minimum absolute atomic E-state index is 0.253. The Balaban J connectivity index is 3.48. The zero-order chi connectivity index (χ0) is 7.82. The maximum absolute atomic E-state index is 3.75. The third-order valence-corrected chi connectivity index (χ3v) is 7.88. The molecular formula is C8H15PPd. The van der Waals surface area contributed by atoms with Crippen molar-refractivity contribution in [2.45, 2.75) is 11.8 Å². The van der Waals surface area contributed by atoms with Crippen LogP contribution in [0.4, 0.5) is 0 Å². The Kier molecular flexibility index (Phi) is 8.12. The molecule has 0 fully saturated rings. The Hall–Kier alpha value is 0.572. The van der Waals surface area contributed by atoms with Crippen LogP contribution in [0.3, 0.4) is 0 Å². The molecule has 0 spiro atoms. The first-order valence-corrected chi connectivity index (χ1v) is 8.07. The molecule has 0 N–H and O–H groups in total. The summed E-state index contributed by atoms with van der Waals surface area (Å²) in [5.74, 6) is 0. The number of hydrogen-bond acceptors (Lipinski definition) is 0. The summed E-state index contributed by atoms with van der Waals surface area (Å²) in [4.78, 5) is 1.35. The molecule has 0 saturated heterocycles. The number of rotatable bonds is 6. The van der Waals surface area contributed by atoms with Gasteiger partial charge in [0.2, 0.25) is 0 Å². The van der Waals surface area contributed by atoms with Crippen molar-refractivity contribution in [2.24, 2.45) is 0 Å². The monoisotopic (exact) mass is 248 g/mol. The van der Waals surface area contributed by atoms with Crippen molar-refractivity contribution in [2.75, 3.05) is 12.3 Å². The summed E-state index contributed by atoms with van der Waals surface area (Å²) in [6.07, 6.45) is 6.79. The molecule has 0 aliphatic rings. The van der Waals surface area contributed by atoms with Gasteiger partial charge in [0, 0.05) is 0 Å². The molecule has 0 amide bonds. The van der Waals surface area contributed by atoms with Crippen LogP contribution in [0, 0.1) is 0 Å². The van der Waals surface area contributed by atoms with Crippen molar-refractivity contribution in [3.63, 3.8) is 0 Å². The van der Waals surface area contributed by atoms with Crippen LogP contribution >= 0.6 is 6.11 Å². The molecule has 0 heterocycles. The topological polar surface area (TPSA) is 0 Å². The molecule has 10 heavy (non-hydrogen) atoms. The summed E-state index contributed by atoms with van der Waals surface area (Å²) in [7, 11) is 0. The van der Waals surface area contributed by atoms with Crippen LogP contribution in [0.15, 0.2) is 25.3 Å². The molecule has 0 aliphatic carbocycles. The van der Waals surface area contributed by atoms with Gasteiger partial charge in [-0.05, 0) is 0 Å². The Morgan fingerprint density at radius 3 is 2.10 bits per heavy atom. The van der Waals surface area contributed by atoms with E-state index in [0.717, 1.165) is 17.5 Å². The standard InChI is InChI=1S/C6H10P.C2H5.Pd/c1-3-5-7-6-4-2;1-2;/h3-4H,1-2,5-6H2;1H2,2H3;/q-1;;+1. The summed E-state index contributed by atoms with van der Waals surface area (Å²) in [5, 5.41) is 0. The predicted octanol–water partition coefficient (Wildman–Crippen LogP) is 3.28. The molecule has 0 unspecified atom stereocenters. The molecule has 62 valence electrons.